The van der Waals surface area contributed by atoms with Crippen molar-refractivity contribution in [3.8, 4) is 0 Å². The zero-order valence-corrected chi connectivity index (χ0v) is 28.3. The van der Waals surface area contributed by atoms with E-state index in [2.05, 4.69) is 45.3 Å². The molecule has 0 radical (unpaired) electrons. The van der Waals surface area contributed by atoms with Gasteiger partial charge in [0, 0.05) is 19.3 Å². The number of aryl methyl sites for hydroxylation is 1. The van der Waals surface area contributed by atoms with E-state index in [4.69, 9.17) is 16.5 Å². The van der Waals surface area contributed by atoms with Crippen LogP contribution in [0.2, 0.25) is 0 Å². The first-order valence-electron chi connectivity index (χ1n) is 17.9. The van der Waals surface area contributed by atoms with E-state index in [0.717, 1.165) is 12.8 Å². The van der Waals surface area contributed by atoms with Gasteiger partial charge in [-0.1, -0.05) is 127 Å². The highest BCUT2D eigenvalue weighted by molar-refractivity contribution is 7.44. The molecule has 0 fully saturated rings. The van der Waals surface area contributed by atoms with Crippen molar-refractivity contribution >= 4 is 24.9 Å². The molecule has 0 spiro atoms. The number of rotatable bonds is 28. The van der Waals surface area contributed by atoms with Crippen molar-refractivity contribution < 1.29 is 14.0 Å². The summed E-state index contributed by atoms with van der Waals surface area (Å²) in [5.74, 6) is 0.0182. The summed E-state index contributed by atoms with van der Waals surface area (Å²) in [5, 5.41) is 0. The van der Waals surface area contributed by atoms with Crippen LogP contribution in [-0.4, -0.2) is 53.1 Å². The van der Waals surface area contributed by atoms with Gasteiger partial charge in [0.1, 0.15) is 9.02 Å². The standard InChI is InChI=1S/C35H58N5O4P/c36-35-38-33-32(34(41)39-35)37-29-40(33)24-26-44-30-45(42)28-27-43-25-20-15-13-11-9-7-5-3-1-2-4-6-8-10-12-14-17-21-31-22-18-16-19-23-31/h16,18-19,22-23,29,45H,1-15,17,20-21,24-28,30H2,(H3,36,38,39,41)/i45D. The lowest BCUT2D eigenvalue weighted by molar-refractivity contribution is 0.142. The quantitative estimate of drug-likeness (QED) is 0.0604. The SMILES string of the molecule is [2H]P(=O)(CCOCCCCCCCCCCCCCCCCCCCc1ccccc1)COCCn1cnc2c(=O)[nH]c(N)nc21. The average Bonchev–Trinajstić information content (AvgIpc) is 3.45. The molecule has 3 rings (SSSR count). The van der Waals surface area contributed by atoms with Crippen molar-refractivity contribution in [3.63, 3.8) is 0 Å². The van der Waals surface area contributed by atoms with Crippen LogP contribution in [0.5, 0.6) is 0 Å². The Morgan fingerprint density at radius 1 is 0.778 bits per heavy atom. The maximum atomic E-state index is 12.5. The molecule has 2 aromatic heterocycles. The summed E-state index contributed by atoms with van der Waals surface area (Å²) in [6.45, 7) is 1.55. The van der Waals surface area contributed by atoms with Crippen molar-refractivity contribution in [2.24, 2.45) is 0 Å². The van der Waals surface area contributed by atoms with Crippen LogP contribution in [0, 0.1) is 0 Å². The number of imidazole rings is 1. The Morgan fingerprint density at radius 2 is 1.36 bits per heavy atom. The van der Waals surface area contributed by atoms with Gasteiger partial charge >= 0.3 is 0 Å². The van der Waals surface area contributed by atoms with Gasteiger partial charge in [-0.25, -0.2) is 4.98 Å². The lowest BCUT2D eigenvalue weighted by Crippen LogP contribution is -2.13. The Balaban J connectivity index is 1.01. The predicted molar refractivity (Wildman–Crippen MR) is 187 cm³/mol. The normalized spacial score (nSPS) is 13.3. The van der Waals surface area contributed by atoms with Gasteiger partial charge in [-0.2, -0.15) is 4.98 Å². The third-order valence-corrected chi connectivity index (χ3v) is 9.44. The molecule has 9 nitrogen and oxygen atoms in total. The Bertz CT molecular complexity index is 1320. The van der Waals surface area contributed by atoms with Crippen LogP contribution in [0.15, 0.2) is 41.5 Å². The Kier molecular flexibility index (Phi) is 18.7. The number of benzene rings is 1. The molecule has 3 N–H and O–H groups in total. The van der Waals surface area contributed by atoms with Crippen molar-refractivity contribution in [2.45, 2.75) is 122 Å². The van der Waals surface area contributed by atoms with Crippen molar-refractivity contribution in [3.05, 3.63) is 52.6 Å². The van der Waals surface area contributed by atoms with E-state index in [1.54, 1.807) is 4.57 Å². The molecule has 1 aromatic carbocycles. The van der Waals surface area contributed by atoms with E-state index in [1.807, 2.05) is 0 Å². The molecule has 2 heterocycles. The highest BCUT2D eigenvalue weighted by Gasteiger charge is 2.09. The molecule has 0 aliphatic heterocycles. The maximum absolute atomic E-state index is 12.5. The zero-order chi connectivity index (χ0) is 32.7. The van der Waals surface area contributed by atoms with Crippen LogP contribution in [0.25, 0.3) is 11.2 Å². The van der Waals surface area contributed by atoms with Crippen LogP contribution < -0.4 is 11.3 Å². The summed E-state index contributed by atoms with van der Waals surface area (Å²) in [6, 6.07) is 10.9. The number of hydrogen-bond acceptors (Lipinski definition) is 7. The highest BCUT2D eigenvalue weighted by Crippen LogP contribution is 2.20. The third kappa shape index (κ3) is 16.6. The Labute approximate surface area is 272 Å². The van der Waals surface area contributed by atoms with Crippen LogP contribution in [0.4, 0.5) is 5.95 Å². The van der Waals surface area contributed by atoms with E-state index in [1.165, 1.54) is 115 Å². The number of nitrogen functional groups attached to an aromatic ring is 1. The number of aromatic amines is 1. The number of nitrogens with one attached hydrogen (secondary N) is 1. The first-order chi connectivity index (χ1) is 22.4. The van der Waals surface area contributed by atoms with Crippen LogP contribution in [0.1, 0.15) is 115 Å². The fourth-order valence-corrected chi connectivity index (χ4v) is 6.42. The molecule has 45 heavy (non-hydrogen) atoms. The lowest BCUT2D eigenvalue weighted by Gasteiger charge is -2.07. The summed E-state index contributed by atoms with van der Waals surface area (Å²) in [7, 11) is -3.18. The van der Waals surface area contributed by atoms with Gasteiger partial charge in [0.25, 0.3) is 5.56 Å². The topological polar surface area (TPSA) is 125 Å². The number of aromatic nitrogens is 4. The van der Waals surface area contributed by atoms with Gasteiger partial charge in [0.05, 0.1) is 25.9 Å². The van der Waals surface area contributed by atoms with Crippen LogP contribution in [-0.2, 0) is 27.0 Å². The second kappa shape index (κ2) is 23.8. The number of ether oxygens (including phenoxy) is 2. The molecule has 1 unspecified atom stereocenters. The number of H-pyrrole nitrogens is 1. The molecule has 0 saturated carbocycles. The number of unbranched alkanes of at least 4 members (excludes halogenated alkanes) is 16. The fraction of sp³-hybridized carbons (Fsp3) is 0.686. The second-order valence-corrected chi connectivity index (χ2v) is 13.8. The minimum absolute atomic E-state index is 0.0182. The van der Waals surface area contributed by atoms with Crippen molar-refractivity contribution in [1.82, 2.24) is 19.5 Å². The van der Waals surface area contributed by atoms with Gasteiger partial charge in [0.15, 0.2) is 11.2 Å². The molecule has 252 valence electrons. The van der Waals surface area contributed by atoms with Gasteiger partial charge in [0.2, 0.25) is 5.95 Å². The first kappa shape index (κ1) is 35.4. The molecule has 0 aliphatic carbocycles. The van der Waals surface area contributed by atoms with Gasteiger partial charge in [-0.05, 0) is 24.8 Å². The van der Waals surface area contributed by atoms with Crippen LogP contribution >= 0.6 is 7.75 Å². The predicted octanol–water partition coefficient (Wildman–Crippen LogP) is 8.13. The maximum Gasteiger partial charge on any atom is 0.280 e. The fourth-order valence-electron chi connectivity index (χ4n) is 5.63. The number of anilines is 1. The van der Waals surface area contributed by atoms with E-state index in [0.29, 0.717) is 25.4 Å². The summed E-state index contributed by atoms with van der Waals surface area (Å²) in [4.78, 5) is 22.4. The van der Waals surface area contributed by atoms with Gasteiger partial charge < -0.3 is 24.3 Å². The van der Waals surface area contributed by atoms with E-state index < -0.39 is 13.3 Å². The number of fused-ring (bicyclic) bond motifs is 1. The number of hydrogen-bond donors (Lipinski definition) is 2. The molecule has 3 aromatic rings. The van der Waals surface area contributed by atoms with Gasteiger partial charge in [-0.15, -0.1) is 0 Å². The summed E-state index contributed by atoms with van der Waals surface area (Å²) < 4.78 is 33.3. The first-order valence-corrected chi connectivity index (χ1v) is 19.1. The Morgan fingerprint density at radius 3 is 1.98 bits per heavy atom. The molecule has 10 heteroatoms. The van der Waals surface area contributed by atoms with Gasteiger partial charge in [-0.3, -0.25) is 9.78 Å². The molecule has 0 aliphatic rings. The Hall–Kier alpha value is -2.48. The summed E-state index contributed by atoms with van der Waals surface area (Å²) in [6.07, 6.45) is 25.4. The third-order valence-electron chi connectivity index (χ3n) is 8.29. The number of nitrogens with two attached hydrogens (primary N) is 1. The largest absolute Gasteiger partial charge is 0.381 e. The zero-order valence-electron chi connectivity index (χ0n) is 28.4. The minimum Gasteiger partial charge on any atom is -0.381 e. The monoisotopic (exact) mass is 644 g/mol. The molecule has 0 saturated heterocycles. The van der Waals surface area contributed by atoms with Crippen LogP contribution in [0.3, 0.4) is 0 Å². The molecule has 0 bridgehead atoms. The average molecular weight is 645 g/mol. The minimum atomic E-state index is -3.18. The molecular formula is C35H58N5O4P. The van der Waals surface area contributed by atoms with Crippen molar-refractivity contribution in [1.29, 1.82) is 1.28 Å². The van der Waals surface area contributed by atoms with E-state index in [-0.39, 0.29) is 30.6 Å². The lowest BCUT2D eigenvalue weighted by atomic mass is 10.0. The van der Waals surface area contributed by atoms with E-state index >= 15 is 0 Å². The molecule has 0 amide bonds. The summed E-state index contributed by atoms with van der Waals surface area (Å²) in [5.41, 5.74) is 7.26. The summed E-state index contributed by atoms with van der Waals surface area (Å²) >= 11 is 0. The second-order valence-electron chi connectivity index (χ2n) is 12.2. The number of nitrogens with zero attached hydrogens (tertiary/aromatic N) is 3. The molecule has 1 atom stereocenters. The molecular weight excluding hydrogens is 585 g/mol. The highest BCUT2D eigenvalue weighted by atomic mass is 31.1. The van der Waals surface area contributed by atoms with Crippen molar-refractivity contribution in [2.75, 3.05) is 38.1 Å². The van der Waals surface area contributed by atoms with E-state index in [9.17, 15) is 9.36 Å². The smallest absolute Gasteiger partial charge is 0.280 e.